The molecule has 1 aliphatic carbocycles. The first kappa shape index (κ1) is 17.4. The van der Waals surface area contributed by atoms with E-state index in [2.05, 4.69) is 24.1 Å². The lowest BCUT2D eigenvalue weighted by molar-refractivity contribution is -0.124. The minimum atomic E-state index is 0.0658. The van der Waals surface area contributed by atoms with Crippen LogP contribution in [-0.4, -0.2) is 42.5 Å². The molecule has 0 radical (unpaired) electrons. The van der Waals surface area contributed by atoms with Gasteiger partial charge in [-0.2, -0.15) is 0 Å². The molecule has 3 N–H and O–H groups in total. The lowest BCUT2D eigenvalue weighted by Gasteiger charge is -2.45. The third-order valence-corrected chi connectivity index (χ3v) is 4.52. The predicted octanol–water partition coefficient (Wildman–Crippen LogP) is 2.28. The SMILES string of the molecule is CCCCNC(=O)CN(CCC)C1(CN)CCCCC1. The summed E-state index contributed by atoms with van der Waals surface area (Å²) in [5.74, 6) is 0.158. The lowest BCUT2D eigenvalue weighted by Crippen LogP contribution is -2.57. The minimum Gasteiger partial charge on any atom is -0.355 e. The first-order valence-electron chi connectivity index (χ1n) is 8.40. The summed E-state index contributed by atoms with van der Waals surface area (Å²) in [6.07, 6.45) is 9.34. The van der Waals surface area contributed by atoms with Crippen LogP contribution in [0.15, 0.2) is 0 Å². The van der Waals surface area contributed by atoms with Crippen LogP contribution in [0.4, 0.5) is 0 Å². The molecule has 0 bridgehead atoms. The Kier molecular flexibility index (Phi) is 8.15. The van der Waals surface area contributed by atoms with Crippen LogP contribution in [-0.2, 0) is 4.79 Å². The van der Waals surface area contributed by atoms with Crippen LogP contribution in [0.1, 0.15) is 65.2 Å². The van der Waals surface area contributed by atoms with Crippen molar-refractivity contribution in [3.8, 4) is 0 Å². The molecule has 1 aliphatic rings. The Morgan fingerprint density at radius 2 is 1.90 bits per heavy atom. The van der Waals surface area contributed by atoms with Crippen LogP contribution >= 0.6 is 0 Å². The van der Waals surface area contributed by atoms with Gasteiger partial charge in [-0.3, -0.25) is 9.69 Å². The first-order chi connectivity index (χ1) is 9.68. The predicted molar refractivity (Wildman–Crippen MR) is 84.7 cm³/mol. The van der Waals surface area contributed by atoms with Crippen molar-refractivity contribution in [2.45, 2.75) is 70.8 Å². The van der Waals surface area contributed by atoms with Gasteiger partial charge in [0.25, 0.3) is 0 Å². The van der Waals surface area contributed by atoms with E-state index in [9.17, 15) is 4.79 Å². The molecule has 0 unspecified atom stereocenters. The third kappa shape index (κ3) is 5.06. The lowest BCUT2D eigenvalue weighted by atomic mass is 9.80. The summed E-state index contributed by atoms with van der Waals surface area (Å²) in [7, 11) is 0. The quantitative estimate of drug-likeness (QED) is 0.638. The standard InChI is InChI=1S/C16H33N3O/c1-3-5-11-18-15(20)13-19(12-4-2)16(14-17)9-7-6-8-10-16/h3-14,17H2,1-2H3,(H,18,20). The molecular weight excluding hydrogens is 250 g/mol. The largest absolute Gasteiger partial charge is 0.355 e. The van der Waals surface area contributed by atoms with E-state index in [1.165, 1.54) is 19.3 Å². The second-order valence-corrected chi connectivity index (χ2v) is 6.11. The Hall–Kier alpha value is -0.610. The number of hydrogen-bond acceptors (Lipinski definition) is 3. The van der Waals surface area contributed by atoms with Gasteiger partial charge in [-0.15, -0.1) is 0 Å². The van der Waals surface area contributed by atoms with Crippen molar-refractivity contribution >= 4 is 5.91 Å². The molecule has 1 amide bonds. The van der Waals surface area contributed by atoms with Gasteiger partial charge in [-0.1, -0.05) is 39.5 Å². The zero-order valence-electron chi connectivity index (χ0n) is 13.4. The van der Waals surface area contributed by atoms with E-state index in [1.807, 2.05) is 0 Å². The van der Waals surface area contributed by atoms with Crippen molar-refractivity contribution in [1.29, 1.82) is 0 Å². The maximum absolute atomic E-state index is 12.1. The average molecular weight is 283 g/mol. The average Bonchev–Trinajstić information content (AvgIpc) is 2.48. The maximum Gasteiger partial charge on any atom is 0.234 e. The van der Waals surface area contributed by atoms with Gasteiger partial charge in [0.05, 0.1) is 6.54 Å². The Balaban J connectivity index is 2.59. The number of hydrogen-bond donors (Lipinski definition) is 2. The highest BCUT2D eigenvalue weighted by atomic mass is 16.2. The summed E-state index contributed by atoms with van der Waals surface area (Å²) in [5.41, 5.74) is 6.16. The molecule has 1 fully saturated rings. The highest BCUT2D eigenvalue weighted by Crippen LogP contribution is 2.32. The van der Waals surface area contributed by atoms with Crippen LogP contribution in [0.3, 0.4) is 0 Å². The minimum absolute atomic E-state index is 0.0658. The van der Waals surface area contributed by atoms with E-state index in [0.29, 0.717) is 13.1 Å². The molecule has 20 heavy (non-hydrogen) atoms. The fraction of sp³-hybridized carbons (Fsp3) is 0.938. The molecule has 0 aromatic heterocycles. The smallest absolute Gasteiger partial charge is 0.234 e. The number of carbonyl (C=O) groups excluding carboxylic acids is 1. The number of nitrogens with zero attached hydrogens (tertiary/aromatic N) is 1. The molecule has 0 aromatic rings. The molecule has 4 heteroatoms. The van der Waals surface area contributed by atoms with Gasteiger partial charge in [0.1, 0.15) is 0 Å². The number of rotatable bonds is 9. The molecule has 0 spiro atoms. The Labute approximate surface area is 124 Å². The molecule has 0 saturated heterocycles. The fourth-order valence-electron chi connectivity index (χ4n) is 3.25. The normalized spacial score (nSPS) is 18.2. The molecule has 0 aliphatic heterocycles. The highest BCUT2D eigenvalue weighted by molar-refractivity contribution is 5.78. The summed E-state index contributed by atoms with van der Waals surface area (Å²) in [4.78, 5) is 14.5. The van der Waals surface area contributed by atoms with E-state index < -0.39 is 0 Å². The fourth-order valence-corrected chi connectivity index (χ4v) is 3.25. The van der Waals surface area contributed by atoms with E-state index in [1.54, 1.807) is 0 Å². The number of unbranched alkanes of at least 4 members (excludes halogenated alkanes) is 1. The number of amides is 1. The third-order valence-electron chi connectivity index (χ3n) is 4.52. The van der Waals surface area contributed by atoms with Gasteiger partial charge in [-0.05, 0) is 32.2 Å². The van der Waals surface area contributed by atoms with Crippen molar-refractivity contribution in [3.63, 3.8) is 0 Å². The second-order valence-electron chi connectivity index (χ2n) is 6.11. The molecule has 1 saturated carbocycles. The Bertz CT molecular complexity index is 275. The van der Waals surface area contributed by atoms with Gasteiger partial charge in [0.15, 0.2) is 0 Å². The number of nitrogens with one attached hydrogen (secondary N) is 1. The van der Waals surface area contributed by atoms with Gasteiger partial charge < -0.3 is 11.1 Å². The molecule has 1 rings (SSSR count). The molecule has 0 heterocycles. The van der Waals surface area contributed by atoms with E-state index in [0.717, 1.165) is 45.2 Å². The number of carbonyl (C=O) groups is 1. The monoisotopic (exact) mass is 283 g/mol. The zero-order valence-corrected chi connectivity index (χ0v) is 13.4. The Morgan fingerprint density at radius 3 is 2.45 bits per heavy atom. The van der Waals surface area contributed by atoms with Crippen LogP contribution in [0.5, 0.6) is 0 Å². The van der Waals surface area contributed by atoms with E-state index in [4.69, 9.17) is 5.73 Å². The van der Waals surface area contributed by atoms with Crippen molar-refractivity contribution in [3.05, 3.63) is 0 Å². The Morgan fingerprint density at radius 1 is 1.20 bits per heavy atom. The molecule has 0 aromatic carbocycles. The second kappa shape index (κ2) is 9.35. The van der Waals surface area contributed by atoms with Gasteiger partial charge in [0, 0.05) is 18.6 Å². The van der Waals surface area contributed by atoms with Crippen molar-refractivity contribution < 1.29 is 4.79 Å². The van der Waals surface area contributed by atoms with Gasteiger partial charge in [-0.25, -0.2) is 0 Å². The summed E-state index contributed by atoms with van der Waals surface area (Å²) in [6.45, 7) is 7.27. The number of nitrogens with two attached hydrogens (primary N) is 1. The molecule has 0 atom stereocenters. The van der Waals surface area contributed by atoms with Crippen LogP contribution < -0.4 is 11.1 Å². The van der Waals surface area contributed by atoms with Crippen LogP contribution in [0, 0.1) is 0 Å². The van der Waals surface area contributed by atoms with Crippen LogP contribution in [0.25, 0.3) is 0 Å². The van der Waals surface area contributed by atoms with Crippen molar-refractivity contribution in [2.24, 2.45) is 5.73 Å². The maximum atomic E-state index is 12.1. The van der Waals surface area contributed by atoms with E-state index >= 15 is 0 Å². The summed E-state index contributed by atoms with van der Waals surface area (Å²) in [5, 5.41) is 3.03. The molecule has 4 nitrogen and oxygen atoms in total. The topological polar surface area (TPSA) is 58.4 Å². The van der Waals surface area contributed by atoms with Gasteiger partial charge >= 0.3 is 0 Å². The van der Waals surface area contributed by atoms with Crippen LogP contribution in [0.2, 0.25) is 0 Å². The van der Waals surface area contributed by atoms with Gasteiger partial charge in [0.2, 0.25) is 5.91 Å². The highest BCUT2D eigenvalue weighted by Gasteiger charge is 2.36. The molecule has 118 valence electrons. The van der Waals surface area contributed by atoms with E-state index in [-0.39, 0.29) is 11.4 Å². The zero-order chi connectivity index (χ0) is 14.8. The summed E-state index contributed by atoms with van der Waals surface area (Å²) < 4.78 is 0. The summed E-state index contributed by atoms with van der Waals surface area (Å²) >= 11 is 0. The van der Waals surface area contributed by atoms with Crippen molar-refractivity contribution in [1.82, 2.24) is 10.2 Å². The summed E-state index contributed by atoms with van der Waals surface area (Å²) in [6, 6.07) is 0. The first-order valence-corrected chi connectivity index (χ1v) is 8.40. The van der Waals surface area contributed by atoms with Crippen molar-refractivity contribution in [2.75, 3.05) is 26.2 Å². The molecular formula is C16H33N3O.